The molecule has 2 aromatic carbocycles. The zero-order chi connectivity index (χ0) is 13.2. The molecular formula is C16H14ClNO. The molecule has 0 aliphatic rings. The Morgan fingerprint density at radius 3 is 2.79 bits per heavy atom. The molecule has 0 amide bonds. The number of aromatic nitrogens is 1. The molecule has 3 rings (SSSR count). The van der Waals surface area contributed by atoms with Crippen molar-refractivity contribution in [3.05, 3.63) is 54.2 Å². The van der Waals surface area contributed by atoms with E-state index in [9.17, 15) is 0 Å². The van der Waals surface area contributed by atoms with Gasteiger partial charge in [0.15, 0.2) is 0 Å². The van der Waals surface area contributed by atoms with Crippen LogP contribution in [0, 0.1) is 0 Å². The number of halogens is 1. The van der Waals surface area contributed by atoms with Crippen LogP contribution >= 0.6 is 11.6 Å². The molecule has 0 fully saturated rings. The van der Waals surface area contributed by atoms with Crippen LogP contribution in [0.4, 0.5) is 0 Å². The van der Waals surface area contributed by atoms with Crippen LogP contribution in [0.15, 0.2) is 48.7 Å². The highest BCUT2D eigenvalue weighted by Crippen LogP contribution is 2.32. The van der Waals surface area contributed by atoms with Crippen molar-refractivity contribution < 1.29 is 4.74 Å². The van der Waals surface area contributed by atoms with Gasteiger partial charge in [0.2, 0.25) is 0 Å². The van der Waals surface area contributed by atoms with Gasteiger partial charge in [-0.05, 0) is 17.7 Å². The summed E-state index contributed by atoms with van der Waals surface area (Å²) in [4.78, 5) is 3.29. The topological polar surface area (TPSA) is 25.0 Å². The third-order valence-electron chi connectivity index (χ3n) is 3.33. The Kier molecular flexibility index (Phi) is 3.18. The Morgan fingerprint density at radius 2 is 2.00 bits per heavy atom. The Labute approximate surface area is 117 Å². The van der Waals surface area contributed by atoms with Crippen LogP contribution in [0.25, 0.3) is 22.0 Å². The minimum Gasteiger partial charge on any atom is -0.496 e. The molecular weight excluding hydrogens is 258 g/mol. The first-order valence-corrected chi connectivity index (χ1v) is 6.66. The lowest BCUT2D eigenvalue weighted by Crippen LogP contribution is -1.90. The van der Waals surface area contributed by atoms with Crippen molar-refractivity contribution in [2.45, 2.75) is 5.88 Å². The molecule has 0 bridgehead atoms. The second-order valence-corrected chi connectivity index (χ2v) is 4.68. The highest BCUT2D eigenvalue weighted by Gasteiger charge is 2.08. The Balaban J connectivity index is 2.16. The predicted molar refractivity (Wildman–Crippen MR) is 79.8 cm³/mol. The van der Waals surface area contributed by atoms with E-state index < -0.39 is 0 Å². The summed E-state index contributed by atoms with van der Waals surface area (Å²) in [5.41, 5.74) is 4.45. The maximum atomic E-state index is 5.90. The van der Waals surface area contributed by atoms with Gasteiger partial charge >= 0.3 is 0 Å². The normalized spacial score (nSPS) is 10.8. The minimum atomic E-state index is 0.456. The number of hydrogen-bond acceptors (Lipinski definition) is 1. The van der Waals surface area contributed by atoms with Gasteiger partial charge in [-0.25, -0.2) is 0 Å². The van der Waals surface area contributed by atoms with Crippen LogP contribution in [0.5, 0.6) is 5.75 Å². The zero-order valence-electron chi connectivity index (χ0n) is 10.6. The van der Waals surface area contributed by atoms with Crippen molar-refractivity contribution in [1.29, 1.82) is 0 Å². The minimum absolute atomic E-state index is 0.456. The summed E-state index contributed by atoms with van der Waals surface area (Å²) in [6, 6.07) is 14.4. The van der Waals surface area contributed by atoms with Crippen LogP contribution < -0.4 is 4.74 Å². The highest BCUT2D eigenvalue weighted by atomic mass is 35.5. The van der Waals surface area contributed by atoms with Crippen molar-refractivity contribution in [3.63, 3.8) is 0 Å². The number of nitrogens with one attached hydrogen (secondary N) is 1. The number of alkyl halides is 1. The van der Waals surface area contributed by atoms with Gasteiger partial charge in [-0.2, -0.15) is 0 Å². The number of H-pyrrole nitrogens is 1. The molecule has 0 saturated carbocycles. The van der Waals surface area contributed by atoms with Gasteiger partial charge in [0.05, 0.1) is 13.0 Å². The number of benzene rings is 2. The average Bonchev–Trinajstić information content (AvgIpc) is 2.90. The van der Waals surface area contributed by atoms with Gasteiger partial charge in [0, 0.05) is 28.2 Å². The number of rotatable bonds is 3. The molecule has 0 unspecified atom stereocenters. The summed E-state index contributed by atoms with van der Waals surface area (Å²) in [6.45, 7) is 0. The first-order chi connectivity index (χ1) is 9.33. The fraction of sp³-hybridized carbons (Fsp3) is 0.125. The average molecular weight is 272 g/mol. The molecule has 0 spiro atoms. The molecule has 0 aliphatic carbocycles. The predicted octanol–water partition coefficient (Wildman–Crippen LogP) is 4.58. The Morgan fingerprint density at radius 1 is 1.16 bits per heavy atom. The molecule has 3 aromatic rings. The molecule has 1 aromatic heterocycles. The lowest BCUT2D eigenvalue weighted by molar-refractivity contribution is 0.411. The van der Waals surface area contributed by atoms with Crippen molar-refractivity contribution >= 4 is 22.5 Å². The van der Waals surface area contributed by atoms with Gasteiger partial charge in [0.25, 0.3) is 0 Å². The summed E-state index contributed by atoms with van der Waals surface area (Å²) in [5, 5.41) is 1.21. The molecule has 2 nitrogen and oxygen atoms in total. The summed E-state index contributed by atoms with van der Waals surface area (Å²) in [5.74, 6) is 1.29. The van der Waals surface area contributed by atoms with Crippen molar-refractivity contribution in [1.82, 2.24) is 4.98 Å². The van der Waals surface area contributed by atoms with Gasteiger partial charge in [0.1, 0.15) is 5.75 Å². The molecule has 3 heteroatoms. The molecule has 0 atom stereocenters. The van der Waals surface area contributed by atoms with Crippen LogP contribution in [-0.4, -0.2) is 12.1 Å². The Hall–Kier alpha value is -1.93. The summed E-state index contributed by atoms with van der Waals surface area (Å²) in [7, 11) is 1.67. The van der Waals surface area contributed by atoms with Crippen LogP contribution in [-0.2, 0) is 5.88 Å². The van der Waals surface area contributed by atoms with E-state index in [1.165, 1.54) is 10.9 Å². The number of hydrogen-bond donors (Lipinski definition) is 1. The summed E-state index contributed by atoms with van der Waals surface area (Å²) in [6.07, 6.45) is 2.03. The third kappa shape index (κ3) is 2.08. The lowest BCUT2D eigenvalue weighted by Gasteiger charge is -2.08. The molecule has 0 aliphatic heterocycles. The molecule has 1 heterocycles. The van der Waals surface area contributed by atoms with E-state index in [2.05, 4.69) is 23.2 Å². The summed E-state index contributed by atoms with van der Waals surface area (Å²) >= 11 is 5.90. The second-order valence-electron chi connectivity index (χ2n) is 4.41. The first kappa shape index (κ1) is 12.1. The fourth-order valence-electron chi connectivity index (χ4n) is 2.33. The number of methoxy groups -OCH3 is 1. The van der Waals surface area contributed by atoms with Crippen LogP contribution in [0.3, 0.4) is 0 Å². The van der Waals surface area contributed by atoms with E-state index in [1.807, 2.05) is 30.5 Å². The standard InChI is InChI=1S/C16H14ClNO/c1-19-16-8-11(6-7-12(16)9-17)14-10-18-15-5-3-2-4-13(14)15/h2-8,10,18H,9H2,1H3. The van der Waals surface area contributed by atoms with Gasteiger partial charge in [-0.3, -0.25) is 0 Å². The zero-order valence-corrected chi connectivity index (χ0v) is 11.4. The smallest absolute Gasteiger partial charge is 0.123 e. The van der Waals surface area contributed by atoms with E-state index in [0.29, 0.717) is 5.88 Å². The maximum absolute atomic E-state index is 5.90. The molecule has 96 valence electrons. The second kappa shape index (κ2) is 4.98. The largest absolute Gasteiger partial charge is 0.496 e. The van der Waals surface area contributed by atoms with Crippen molar-refractivity contribution in [3.8, 4) is 16.9 Å². The van der Waals surface area contributed by atoms with E-state index >= 15 is 0 Å². The first-order valence-electron chi connectivity index (χ1n) is 6.13. The van der Waals surface area contributed by atoms with Crippen molar-refractivity contribution in [2.24, 2.45) is 0 Å². The van der Waals surface area contributed by atoms with E-state index in [0.717, 1.165) is 22.4 Å². The van der Waals surface area contributed by atoms with Gasteiger partial charge < -0.3 is 9.72 Å². The maximum Gasteiger partial charge on any atom is 0.123 e. The molecule has 0 radical (unpaired) electrons. The highest BCUT2D eigenvalue weighted by molar-refractivity contribution is 6.17. The quantitative estimate of drug-likeness (QED) is 0.693. The SMILES string of the molecule is COc1cc(-c2c[nH]c3ccccc23)ccc1CCl. The van der Waals surface area contributed by atoms with Gasteiger partial charge in [-0.15, -0.1) is 11.6 Å². The Bertz CT molecular complexity index is 718. The number of ether oxygens (including phenoxy) is 1. The third-order valence-corrected chi connectivity index (χ3v) is 3.62. The fourth-order valence-corrected chi connectivity index (χ4v) is 2.55. The summed E-state index contributed by atoms with van der Waals surface area (Å²) < 4.78 is 5.39. The number of aromatic amines is 1. The monoisotopic (exact) mass is 271 g/mol. The molecule has 1 N–H and O–H groups in total. The van der Waals surface area contributed by atoms with Gasteiger partial charge in [-0.1, -0.05) is 30.3 Å². The number of para-hydroxylation sites is 1. The molecule has 19 heavy (non-hydrogen) atoms. The molecule has 0 saturated heterocycles. The van der Waals surface area contributed by atoms with E-state index in [4.69, 9.17) is 16.3 Å². The lowest BCUT2D eigenvalue weighted by atomic mass is 10.0. The van der Waals surface area contributed by atoms with Crippen molar-refractivity contribution in [2.75, 3.05) is 7.11 Å². The van der Waals surface area contributed by atoms with Crippen LogP contribution in [0.2, 0.25) is 0 Å². The van der Waals surface area contributed by atoms with Crippen LogP contribution in [0.1, 0.15) is 5.56 Å². The number of fused-ring (bicyclic) bond motifs is 1. The van der Waals surface area contributed by atoms with E-state index in [-0.39, 0.29) is 0 Å². The van der Waals surface area contributed by atoms with E-state index in [1.54, 1.807) is 7.11 Å².